The first-order valence-corrected chi connectivity index (χ1v) is 8.34. The molecule has 4 rings (SSSR count). The van der Waals surface area contributed by atoms with E-state index >= 15 is 0 Å². The molecule has 0 aliphatic heterocycles. The number of aromatic hydroxyl groups is 1. The fourth-order valence-corrected chi connectivity index (χ4v) is 3.24. The van der Waals surface area contributed by atoms with E-state index in [4.69, 9.17) is 11.6 Å². The van der Waals surface area contributed by atoms with Crippen LogP contribution >= 0.6 is 11.6 Å². The Labute approximate surface area is 150 Å². The molecule has 0 atom stereocenters. The molecule has 3 nitrogen and oxygen atoms in total. The smallest absolute Gasteiger partial charge is 0.212 e. The molecule has 2 aromatic heterocycles. The lowest BCUT2D eigenvalue weighted by Crippen LogP contribution is -2.32. The number of nitrogens with zero attached hydrogens (tertiary/aromatic N) is 2. The first kappa shape index (κ1) is 15.6. The van der Waals surface area contributed by atoms with E-state index in [1.165, 1.54) is 0 Å². The Morgan fingerprint density at radius 3 is 2.80 bits per heavy atom. The molecule has 122 valence electrons. The van der Waals surface area contributed by atoms with Gasteiger partial charge in [0.2, 0.25) is 11.2 Å². The number of halogens is 1. The van der Waals surface area contributed by atoms with Gasteiger partial charge in [-0.05, 0) is 42.0 Å². The zero-order valence-corrected chi connectivity index (χ0v) is 14.4. The number of rotatable bonds is 2. The van der Waals surface area contributed by atoms with Crippen molar-refractivity contribution in [1.82, 2.24) is 4.98 Å². The molecule has 0 amide bonds. The van der Waals surface area contributed by atoms with E-state index in [-0.39, 0.29) is 5.75 Å². The molecule has 0 saturated carbocycles. The van der Waals surface area contributed by atoms with Crippen LogP contribution in [0.4, 0.5) is 0 Å². The highest BCUT2D eigenvalue weighted by Gasteiger charge is 2.10. The van der Waals surface area contributed by atoms with E-state index in [1.807, 2.05) is 49.5 Å². The zero-order valence-electron chi connectivity index (χ0n) is 13.6. The molecule has 1 N–H and O–H groups in total. The van der Waals surface area contributed by atoms with E-state index in [0.717, 1.165) is 32.6 Å². The average molecular weight is 348 g/mol. The molecule has 4 heteroatoms. The predicted molar refractivity (Wildman–Crippen MR) is 102 cm³/mol. The summed E-state index contributed by atoms with van der Waals surface area (Å²) in [5, 5.41) is 12.7. The van der Waals surface area contributed by atoms with Gasteiger partial charge in [-0.15, -0.1) is 0 Å². The molecule has 2 aromatic carbocycles. The second-order valence-electron chi connectivity index (χ2n) is 5.93. The Kier molecular flexibility index (Phi) is 3.86. The lowest BCUT2D eigenvalue weighted by Gasteiger charge is -2.04. The zero-order chi connectivity index (χ0) is 17.4. The first-order valence-electron chi connectivity index (χ1n) is 7.96. The van der Waals surface area contributed by atoms with Gasteiger partial charge < -0.3 is 5.11 Å². The third-order valence-corrected chi connectivity index (χ3v) is 4.62. The van der Waals surface area contributed by atoms with E-state index in [0.29, 0.717) is 5.52 Å². The van der Waals surface area contributed by atoms with Crippen molar-refractivity contribution in [2.24, 2.45) is 7.05 Å². The van der Waals surface area contributed by atoms with Gasteiger partial charge in [0.15, 0.2) is 0 Å². The number of aryl methyl sites for hydroxylation is 1. The summed E-state index contributed by atoms with van der Waals surface area (Å²) >= 11 is 6.07. The van der Waals surface area contributed by atoms with E-state index in [9.17, 15) is 5.11 Å². The molecule has 0 saturated heterocycles. The molecular formula is C21H16ClN2O+. The van der Waals surface area contributed by atoms with Gasteiger partial charge in [-0.1, -0.05) is 23.7 Å². The van der Waals surface area contributed by atoms with Gasteiger partial charge in [0.05, 0.1) is 0 Å². The summed E-state index contributed by atoms with van der Waals surface area (Å²) in [6, 6.07) is 17.4. The summed E-state index contributed by atoms with van der Waals surface area (Å²) in [6.45, 7) is 0. The molecule has 25 heavy (non-hydrogen) atoms. The number of fused-ring (bicyclic) bond motifs is 2. The van der Waals surface area contributed by atoms with Gasteiger partial charge >= 0.3 is 0 Å². The molecular weight excluding hydrogens is 332 g/mol. The molecule has 0 aliphatic rings. The third kappa shape index (κ3) is 2.83. The van der Waals surface area contributed by atoms with Gasteiger partial charge in [0, 0.05) is 40.2 Å². The minimum Gasteiger partial charge on any atom is -0.506 e. The Hall–Kier alpha value is -2.91. The topological polar surface area (TPSA) is 37.0 Å². The van der Waals surface area contributed by atoms with E-state index in [2.05, 4.69) is 27.8 Å². The summed E-state index contributed by atoms with van der Waals surface area (Å²) in [7, 11) is 2.03. The van der Waals surface area contributed by atoms with E-state index in [1.54, 1.807) is 12.3 Å². The fourth-order valence-electron chi connectivity index (χ4n) is 3.06. The Morgan fingerprint density at radius 1 is 1.04 bits per heavy atom. The van der Waals surface area contributed by atoms with Gasteiger partial charge in [-0.2, -0.15) is 4.57 Å². The summed E-state index contributed by atoms with van der Waals surface area (Å²) < 4.78 is 2.13. The number of pyridine rings is 2. The second-order valence-corrected chi connectivity index (χ2v) is 6.36. The highest BCUT2D eigenvalue weighted by atomic mass is 35.5. The van der Waals surface area contributed by atoms with Crippen LogP contribution in [-0.4, -0.2) is 10.1 Å². The van der Waals surface area contributed by atoms with Gasteiger partial charge in [0.25, 0.3) is 0 Å². The standard InChI is InChI=1S/C21H15ClN2O/c1-24-17(9-5-15-13-16(22)7-10-19(15)24)8-4-14-6-11-20(25)21-18(14)3-2-12-23-21/h2-13H,1H3/p+1. The molecule has 2 heterocycles. The number of phenols is 1. The van der Waals surface area contributed by atoms with Crippen LogP contribution in [-0.2, 0) is 7.05 Å². The number of hydrogen-bond donors (Lipinski definition) is 1. The molecule has 4 aromatic rings. The van der Waals surface area contributed by atoms with Crippen molar-refractivity contribution in [3.05, 3.63) is 77.1 Å². The number of aromatic nitrogens is 2. The molecule has 0 bridgehead atoms. The molecule has 0 spiro atoms. The molecule has 0 aliphatic carbocycles. The highest BCUT2D eigenvalue weighted by Crippen LogP contribution is 2.26. The van der Waals surface area contributed by atoms with Crippen LogP contribution in [0.3, 0.4) is 0 Å². The van der Waals surface area contributed by atoms with Crippen molar-refractivity contribution >= 4 is 45.6 Å². The van der Waals surface area contributed by atoms with Crippen LogP contribution in [0.5, 0.6) is 5.75 Å². The Morgan fingerprint density at radius 2 is 1.92 bits per heavy atom. The fraction of sp³-hybridized carbons (Fsp3) is 0.0476. The van der Waals surface area contributed by atoms with Crippen LogP contribution in [0.1, 0.15) is 11.3 Å². The largest absolute Gasteiger partial charge is 0.506 e. The first-order chi connectivity index (χ1) is 12.1. The molecule has 0 radical (unpaired) electrons. The van der Waals surface area contributed by atoms with Crippen LogP contribution in [0.15, 0.2) is 60.8 Å². The Balaban J connectivity index is 1.80. The SMILES string of the molecule is C[n+]1c(/C=C/c2ccc(O)c3ncccc23)ccc2cc(Cl)ccc21. The van der Waals surface area contributed by atoms with Crippen LogP contribution in [0.25, 0.3) is 34.0 Å². The third-order valence-electron chi connectivity index (χ3n) is 4.39. The van der Waals surface area contributed by atoms with Crippen LogP contribution < -0.4 is 4.57 Å². The molecule has 0 unspecified atom stereocenters. The van der Waals surface area contributed by atoms with Crippen LogP contribution in [0, 0.1) is 0 Å². The van der Waals surface area contributed by atoms with Gasteiger partial charge in [-0.3, -0.25) is 4.98 Å². The summed E-state index contributed by atoms with van der Waals surface area (Å²) in [5.74, 6) is 0.195. The minimum absolute atomic E-state index is 0.195. The maximum Gasteiger partial charge on any atom is 0.212 e. The Bertz CT molecular complexity index is 1140. The van der Waals surface area contributed by atoms with Crippen LogP contribution in [0.2, 0.25) is 5.02 Å². The predicted octanol–water partition coefficient (Wildman–Crippen LogP) is 4.74. The van der Waals surface area contributed by atoms with E-state index < -0.39 is 0 Å². The maximum absolute atomic E-state index is 9.96. The number of benzene rings is 2. The monoisotopic (exact) mass is 347 g/mol. The van der Waals surface area contributed by atoms with Crippen molar-refractivity contribution in [2.45, 2.75) is 0 Å². The van der Waals surface area contributed by atoms with Crippen molar-refractivity contribution in [2.75, 3.05) is 0 Å². The normalized spacial score (nSPS) is 11.6. The molecule has 0 fully saturated rings. The van der Waals surface area contributed by atoms with Gasteiger partial charge in [-0.25, -0.2) is 0 Å². The number of hydrogen-bond acceptors (Lipinski definition) is 2. The minimum atomic E-state index is 0.195. The van der Waals surface area contributed by atoms with Gasteiger partial charge in [0.1, 0.15) is 18.3 Å². The van der Waals surface area contributed by atoms with Crippen molar-refractivity contribution < 1.29 is 9.67 Å². The summed E-state index contributed by atoms with van der Waals surface area (Å²) in [4.78, 5) is 4.26. The van der Waals surface area contributed by atoms with Crippen molar-refractivity contribution in [1.29, 1.82) is 0 Å². The lowest BCUT2D eigenvalue weighted by molar-refractivity contribution is -0.646. The average Bonchev–Trinajstić information content (AvgIpc) is 2.63. The second kappa shape index (κ2) is 6.19. The number of phenolic OH excluding ortho intramolecular Hbond substituents is 1. The quantitative estimate of drug-likeness (QED) is 0.532. The lowest BCUT2D eigenvalue weighted by atomic mass is 10.1. The summed E-state index contributed by atoms with van der Waals surface area (Å²) in [5.41, 5.74) is 3.81. The van der Waals surface area contributed by atoms with Crippen molar-refractivity contribution in [3.8, 4) is 5.75 Å². The summed E-state index contributed by atoms with van der Waals surface area (Å²) in [6.07, 6.45) is 5.79. The highest BCUT2D eigenvalue weighted by molar-refractivity contribution is 6.31. The van der Waals surface area contributed by atoms with Crippen molar-refractivity contribution in [3.63, 3.8) is 0 Å². The maximum atomic E-state index is 9.96.